The Morgan fingerprint density at radius 2 is 1.70 bits per heavy atom. The van der Waals surface area contributed by atoms with E-state index in [0.717, 1.165) is 37.2 Å². The summed E-state index contributed by atoms with van der Waals surface area (Å²) in [7, 11) is 0. The molecule has 3 rings (SSSR count). The highest BCUT2D eigenvalue weighted by atomic mass is 16.5. The Labute approximate surface area is 177 Å². The number of rotatable bonds is 11. The van der Waals surface area contributed by atoms with E-state index in [0.29, 0.717) is 25.1 Å². The van der Waals surface area contributed by atoms with Crippen molar-refractivity contribution >= 4 is 17.6 Å². The maximum absolute atomic E-state index is 12.5. The molecule has 30 heavy (non-hydrogen) atoms. The summed E-state index contributed by atoms with van der Waals surface area (Å²) < 4.78 is 5.85. The van der Waals surface area contributed by atoms with E-state index < -0.39 is 5.97 Å². The number of carbonyl (C=O) groups is 2. The number of nitrogens with zero attached hydrogens (tertiary/aromatic N) is 1. The lowest BCUT2D eigenvalue weighted by molar-refractivity contribution is -0.137. The summed E-state index contributed by atoms with van der Waals surface area (Å²) in [4.78, 5) is 25.4. The summed E-state index contributed by atoms with van der Waals surface area (Å²) >= 11 is 0. The van der Waals surface area contributed by atoms with Gasteiger partial charge in [0.1, 0.15) is 5.75 Å². The summed E-state index contributed by atoms with van der Waals surface area (Å²) in [5, 5.41) is 11.6. The zero-order chi connectivity index (χ0) is 21.2. The van der Waals surface area contributed by atoms with Crippen LogP contribution in [0.1, 0.15) is 54.4 Å². The Morgan fingerprint density at radius 3 is 2.43 bits per heavy atom. The Morgan fingerprint density at radius 1 is 0.967 bits per heavy atom. The van der Waals surface area contributed by atoms with Crippen molar-refractivity contribution < 1.29 is 19.4 Å². The Kier molecular flexibility index (Phi) is 8.12. The first kappa shape index (κ1) is 21.7. The van der Waals surface area contributed by atoms with E-state index in [1.165, 1.54) is 18.5 Å². The van der Waals surface area contributed by atoms with Gasteiger partial charge in [0, 0.05) is 42.9 Å². The summed E-state index contributed by atoms with van der Waals surface area (Å²) in [6.07, 6.45) is 4.93. The Bertz CT molecular complexity index is 829. The zero-order valence-corrected chi connectivity index (χ0v) is 17.3. The maximum Gasteiger partial charge on any atom is 0.303 e. The predicted molar refractivity (Wildman–Crippen MR) is 117 cm³/mol. The molecule has 6 nitrogen and oxygen atoms in total. The molecular weight excluding hydrogens is 380 g/mol. The molecule has 1 amide bonds. The van der Waals surface area contributed by atoms with Crippen LogP contribution in [0.25, 0.3) is 0 Å². The van der Waals surface area contributed by atoms with Gasteiger partial charge in [-0.25, -0.2) is 0 Å². The summed E-state index contributed by atoms with van der Waals surface area (Å²) in [5.74, 6) is -0.116. The predicted octanol–water partition coefficient (Wildman–Crippen LogP) is 4.24. The van der Waals surface area contributed by atoms with Crippen LogP contribution in [0.15, 0.2) is 48.5 Å². The number of carboxylic acids is 1. The van der Waals surface area contributed by atoms with Crippen molar-refractivity contribution in [2.45, 2.75) is 45.1 Å². The molecule has 0 radical (unpaired) electrons. The fraction of sp³-hybridized carbons (Fsp3) is 0.417. The molecule has 0 saturated carbocycles. The van der Waals surface area contributed by atoms with Gasteiger partial charge in [-0.2, -0.15) is 0 Å². The third-order valence-electron chi connectivity index (χ3n) is 5.31. The fourth-order valence-electron chi connectivity index (χ4n) is 3.60. The van der Waals surface area contributed by atoms with E-state index in [1.54, 1.807) is 0 Å². The van der Waals surface area contributed by atoms with Crippen LogP contribution in [0, 0.1) is 0 Å². The molecule has 1 heterocycles. The molecule has 0 aromatic heterocycles. The maximum atomic E-state index is 12.5. The highest BCUT2D eigenvalue weighted by Crippen LogP contribution is 2.21. The number of amides is 1. The molecule has 0 unspecified atom stereocenters. The number of carboxylic acid groups (broad SMARTS) is 1. The van der Waals surface area contributed by atoms with Crippen LogP contribution in [0.5, 0.6) is 5.75 Å². The lowest BCUT2D eigenvalue weighted by Gasteiger charge is -2.17. The second-order valence-corrected chi connectivity index (χ2v) is 7.58. The Balaban J connectivity index is 1.46. The quantitative estimate of drug-likeness (QED) is 0.542. The van der Waals surface area contributed by atoms with Gasteiger partial charge in [0.25, 0.3) is 5.91 Å². The molecule has 160 valence electrons. The van der Waals surface area contributed by atoms with Crippen molar-refractivity contribution in [2.24, 2.45) is 0 Å². The number of aliphatic carboxylic acids is 1. The van der Waals surface area contributed by atoms with Gasteiger partial charge in [0.2, 0.25) is 0 Å². The number of para-hydroxylation sites is 1. The number of carbonyl (C=O) groups excluding carboxylic acids is 1. The molecule has 0 aliphatic carbocycles. The van der Waals surface area contributed by atoms with Gasteiger partial charge in [-0.15, -0.1) is 0 Å². The number of anilines is 1. The van der Waals surface area contributed by atoms with E-state index >= 15 is 0 Å². The van der Waals surface area contributed by atoms with Crippen molar-refractivity contribution in [3.05, 3.63) is 59.7 Å². The van der Waals surface area contributed by atoms with Crippen LogP contribution in [-0.4, -0.2) is 36.7 Å². The van der Waals surface area contributed by atoms with E-state index in [9.17, 15) is 9.59 Å². The number of ether oxygens (including phenoxy) is 1. The number of unbranched alkanes of at least 4 members (excludes halogenated alkanes) is 2. The zero-order valence-electron chi connectivity index (χ0n) is 17.3. The van der Waals surface area contributed by atoms with Gasteiger partial charge in [0.05, 0.1) is 6.61 Å². The van der Waals surface area contributed by atoms with Crippen LogP contribution in [0.4, 0.5) is 5.69 Å². The van der Waals surface area contributed by atoms with E-state index in [4.69, 9.17) is 9.84 Å². The lowest BCUT2D eigenvalue weighted by atomic mass is 10.1. The molecule has 0 bridgehead atoms. The lowest BCUT2D eigenvalue weighted by Crippen LogP contribution is -2.23. The third kappa shape index (κ3) is 6.51. The number of hydrogen-bond donors (Lipinski definition) is 2. The van der Waals surface area contributed by atoms with Gasteiger partial charge in [-0.05, 0) is 62.4 Å². The van der Waals surface area contributed by atoms with Gasteiger partial charge in [0.15, 0.2) is 0 Å². The molecule has 0 atom stereocenters. The van der Waals surface area contributed by atoms with Crippen molar-refractivity contribution in [2.75, 3.05) is 24.6 Å². The highest BCUT2D eigenvalue weighted by molar-refractivity contribution is 5.94. The van der Waals surface area contributed by atoms with Crippen molar-refractivity contribution in [1.29, 1.82) is 0 Å². The molecule has 2 aromatic rings. The van der Waals surface area contributed by atoms with E-state index in [2.05, 4.69) is 10.2 Å². The van der Waals surface area contributed by atoms with Crippen molar-refractivity contribution in [1.82, 2.24) is 5.32 Å². The monoisotopic (exact) mass is 410 g/mol. The first-order valence-corrected chi connectivity index (χ1v) is 10.7. The first-order valence-electron chi connectivity index (χ1n) is 10.7. The fourth-order valence-corrected chi connectivity index (χ4v) is 3.60. The minimum atomic E-state index is -0.761. The Hall–Kier alpha value is -3.02. The largest absolute Gasteiger partial charge is 0.493 e. The number of benzene rings is 2. The van der Waals surface area contributed by atoms with Crippen LogP contribution < -0.4 is 15.0 Å². The van der Waals surface area contributed by atoms with E-state index in [-0.39, 0.29) is 12.3 Å². The third-order valence-corrected chi connectivity index (χ3v) is 5.31. The molecule has 2 aromatic carbocycles. The smallest absolute Gasteiger partial charge is 0.303 e. The van der Waals surface area contributed by atoms with Crippen molar-refractivity contribution in [3.63, 3.8) is 0 Å². The highest BCUT2D eigenvalue weighted by Gasteiger charge is 2.13. The second kappa shape index (κ2) is 11.2. The summed E-state index contributed by atoms with van der Waals surface area (Å²) in [6, 6.07) is 15.4. The first-order chi connectivity index (χ1) is 14.6. The topological polar surface area (TPSA) is 78.9 Å². The molecular formula is C24H30N2O4. The van der Waals surface area contributed by atoms with E-state index in [1.807, 2.05) is 48.5 Å². The number of hydrogen-bond acceptors (Lipinski definition) is 4. The molecule has 2 N–H and O–H groups in total. The van der Waals surface area contributed by atoms with Crippen molar-refractivity contribution in [3.8, 4) is 5.75 Å². The molecule has 6 heteroatoms. The van der Waals surface area contributed by atoms with Gasteiger partial charge in [-0.1, -0.05) is 18.2 Å². The standard InChI is InChI=1S/C24H30N2O4/c27-23(28)10-2-1-7-17-30-22-9-4-3-8-20(22)18-25-24(29)19-11-13-21(14-12-19)26-15-5-6-16-26/h3-4,8-9,11-14H,1-2,5-7,10,15-18H2,(H,25,29)(H,27,28). The van der Waals surface area contributed by atoms with Crippen LogP contribution >= 0.6 is 0 Å². The molecule has 0 spiro atoms. The molecule has 1 aliphatic rings. The summed E-state index contributed by atoms with van der Waals surface area (Å²) in [5.41, 5.74) is 2.74. The average molecular weight is 411 g/mol. The molecule has 1 fully saturated rings. The van der Waals surface area contributed by atoms with Crippen LogP contribution in [0.2, 0.25) is 0 Å². The SMILES string of the molecule is O=C(O)CCCCCOc1ccccc1CNC(=O)c1ccc(N2CCCC2)cc1. The van der Waals surface area contributed by atoms with Gasteiger partial charge >= 0.3 is 5.97 Å². The van der Waals surface area contributed by atoms with Crippen LogP contribution in [0.3, 0.4) is 0 Å². The minimum absolute atomic E-state index is 0.105. The number of nitrogens with one attached hydrogen (secondary N) is 1. The molecule has 1 saturated heterocycles. The normalized spacial score (nSPS) is 13.3. The van der Waals surface area contributed by atoms with Gasteiger partial charge < -0.3 is 20.1 Å². The van der Waals surface area contributed by atoms with Crippen LogP contribution in [-0.2, 0) is 11.3 Å². The summed E-state index contributed by atoms with van der Waals surface area (Å²) in [6.45, 7) is 3.09. The second-order valence-electron chi connectivity index (χ2n) is 7.58. The van der Waals surface area contributed by atoms with Gasteiger partial charge in [-0.3, -0.25) is 9.59 Å². The average Bonchev–Trinajstić information content (AvgIpc) is 3.30. The molecule has 1 aliphatic heterocycles. The minimum Gasteiger partial charge on any atom is -0.493 e.